The minimum atomic E-state index is 0.891. The van der Waals surface area contributed by atoms with Crippen molar-refractivity contribution in [1.82, 2.24) is 4.90 Å². The highest BCUT2D eigenvalue weighted by atomic mass is 16.5. The molecule has 2 aromatic rings. The maximum absolute atomic E-state index is 5.95. The first-order valence-corrected chi connectivity index (χ1v) is 6.71. The molecule has 2 rings (SSSR count). The number of benzene rings is 2. The molecular formula is C17H21NO. The number of hydrogen-bond donors (Lipinski definition) is 0. The molecule has 0 aromatic heterocycles. The van der Waals surface area contributed by atoms with Crippen molar-refractivity contribution in [2.75, 3.05) is 20.6 Å². The highest BCUT2D eigenvalue weighted by molar-refractivity contribution is 5.37. The van der Waals surface area contributed by atoms with E-state index in [-0.39, 0.29) is 0 Å². The number of para-hydroxylation sites is 2. The van der Waals surface area contributed by atoms with E-state index in [0.717, 1.165) is 30.9 Å². The van der Waals surface area contributed by atoms with Gasteiger partial charge in [-0.2, -0.15) is 0 Å². The van der Waals surface area contributed by atoms with Crippen LogP contribution in [0, 0.1) is 0 Å². The van der Waals surface area contributed by atoms with Gasteiger partial charge in [-0.05, 0) is 57.2 Å². The fraction of sp³-hybridized carbons (Fsp3) is 0.294. The third-order valence-electron chi connectivity index (χ3n) is 3.00. The zero-order chi connectivity index (χ0) is 13.5. The van der Waals surface area contributed by atoms with Crippen molar-refractivity contribution < 1.29 is 4.74 Å². The van der Waals surface area contributed by atoms with E-state index in [4.69, 9.17) is 4.74 Å². The van der Waals surface area contributed by atoms with Crippen molar-refractivity contribution in [3.63, 3.8) is 0 Å². The normalized spacial score (nSPS) is 10.7. The van der Waals surface area contributed by atoms with Gasteiger partial charge in [0.25, 0.3) is 0 Å². The topological polar surface area (TPSA) is 12.5 Å². The Morgan fingerprint density at radius 1 is 0.895 bits per heavy atom. The summed E-state index contributed by atoms with van der Waals surface area (Å²) < 4.78 is 5.95. The molecule has 100 valence electrons. The maximum atomic E-state index is 5.95. The van der Waals surface area contributed by atoms with E-state index in [1.807, 2.05) is 42.5 Å². The third kappa shape index (κ3) is 4.42. The van der Waals surface area contributed by atoms with Gasteiger partial charge in [0, 0.05) is 0 Å². The predicted molar refractivity (Wildman–Crippen MR) is 79.8 cm³/mol. The number of aryl methyl sites for hydroxylation is 1. The van der Waals surface area contributed by atoms with Gasteiger partial charge in [-0.25, -0.2) is 0 Å². The maximum Gasteiger partial charge on any atom is 0.130 e. The largest absolute Gasteiger partial charge is 0.457 e. The van der Waals surface area contributed by atoms with Crippen LogP contribution in [-0.4, -0.2) is 25.5 Å². The summed E-state index contributed by atoms with van der Waals surface area (Å²) >= 11 is 0. The number of rotatable bonds is 6. The van der Waals surface area contributed by atoms with Crippen LogP contribution in [0.25, 0.3) is 0 Å². The molecule has 0 amide bonds. The molecule has 0 radical (unpaired) electrons. The minimum Gasteiger partial charge on any atom is -0.457 e. The Kier molecular flexibility index (Phi) is 4.99. The summed E-state index contributed by atoms with van der Waals surface area (Å²) in [6.45, 7) is 1.10. The second-order valence-corrected chi connectivity index (χ2v) is 4.93. The lowest BCUT2D eigenvalue weighted by molar-refractivity contribution is 0.398. The zero-order valence-corrected chi connectivity index (χ0v) is 11.7. The summed E-state index contributed by atoms with van der Waals surface area (Å²) in [7, 11) is 4.21. The highest BCUT2D eigenvalue weighted by Crippen LogP contribution is 2.25. The van der Waals surface area contributed by atoms with Gasteiger partial charge < -0.3 is 9.64 Å². The SMILES string of the molecule is CN(C)CCCc1ccccc1Oc1ccccc1. The molecule has 0 aliphatic rings. The van der Waals surface area contributed by atoms with Crippen molar-refractivity contribution >= 4 is 0 Å². The molecule has 2 nitrogen and oxygen atoms in total. The Morgan fingerprint density at radius 2 is 1.58 bits per heavy atom. The Balaban J connectivity index is 2.04. The fourth-order valence-corrected chi connectivity index (χ4v) is 2.01. The second kappa shape index (κ2) is 6.95. The molecule has 0 saturated heterocycles. The van der Waals surface area contributed by atoms with Gasteiger partial charge >= 0.3 is 0 Å². The molecule has 0 bridgehead atoms. The van der Waals surface area contributed by atoms with Gasteiger partial charge in [-0.1, -0.05) is 36.4 Å². The van der Waals surface area contributed by atoms with Crippen LogP contribution in [0.3, 0.4) is 0 Å². The zero-order valence-electron chi connectivity index (χ0n) is 11.7. The van der Waals surface area contributed by atoms with Gasteiger partial charge in [0.15, 0.2) is 0 Å². The number of nitrogens with zero attached hydrogens (tertiary/aromatic N) is 1. The molecule has 2 aromatic carbocycles. The molecule has 2 heteroatoms. The molecule has 0 N–H and O–H groups in total. The van der Waals surface area contributed by atoms with E-state index in [1.54, 1.807) is 0 Å². The molecular weight excluding hydrogens is 234 g/mol. The van der Waals surface area contributed by atoms with E-state index in [1.165, 1.54) is 5.56 Å². The lowest BCUT2D eigenvalue weighted by atomic mass is 10.1. The summed E-state index contributed by atoms with van der Waals surface area (Å²) in [5, 5.41) is 0. The van der Waals surface area contributed by atoms with Crippen LogP contribution in [0.2, 0.25) is 0 Å². The van der Waals surface area contributed by atoms with Crippen molar-refractivity contribution in [2.24, 2.45) is 0 Å². The summed E-state index contributed by atoms with van der Waals surface area (Å²) in [6, 6.07) is 18.2. The molecule has 0 aliphatic heterocycles. The van der Waals surface area contributed by atoms with Gasteiger partial charge in [-0.15, -0.1) is 0 Å². The van der Waals surface area contributed by atoms with Crippen molar-refractivity contribution in [1.29, 1.82) is 0 Å². The van der Waals surface area contributed by atoms with Crippen LogP contribution in [0.4, 0.5) is 0 Å². The summed E-state index contributed by atoms with van der Waals surface area (Å²) in [5.41, 5.74) is 1.27. The standard InChI is InChI=1S/C17H21NO/c1-18(2)14-8-10-15-9-6-7-13-17(15)19-16-11-4-3-5-12-16/h3-7,9,11-13H,8,10,14H2,1-2H3. The van der Waals surface area contributed by atoms with Crippen molar-refractivity contribution in [3.05, 3.63) is 60.2 Å². The van der Waals surface area contributed by atoms with Crippen LogP contribution in [0.1, 0.15) is 12.0 Å². The predicted octanol–water partition coefficient (Wildman–Crippen LogP) is 3.97. The fourth-order valence-electron chi connectivity index (χ4n) is 2.01. The summed E-state index contributed by atoms with van der Waals surface area (Å²) in [6.07, 6.45) is 2.18. The minimum absolute atomic E-state index is 0.891. The van der Waals surface area contributed by atoms with Crippen molar-refractivity contribution in [3.8, 4) is 11.5 Å². The van der Waals surface area contributed by atoms with E-state index in [9.17, 15) is 0 Å². The lowest BCUT2D eigenvalue weighted by Crippen LogP contribution is -2.13. The number of hydrogen-bond acceptors (Lipinski definition) is 2. The van der Waals surface area contributed by atoms with E-state index < -0.39 is 0 Å². The number of ether oxygens (including phenoxy) is 1. The Morgan fingerprint density at radius 3 is 2.32 bits per heavy atom. The first kappa shape index (κ1) is 13.6. The molecule has 0 aliphatic carbocycles. The smallest absolute Gasteiger partial charge is 0.130 e. The molecule has 0 saturated carbocycles. The Bertz CT molecular complexity index is 494. The summed E-state index contributed by atoms with van der Waals surface area (Å²) in [5.74, 6) is 1.86. The molecule has 0 atom stereocenters. The van der Waals surface area contributed by atoms with E-state index in [0.29, 0.717) is 0 Å². The van der Waals surface area contributed by atoms with Gasteiger partial charge in [0.1, 0.15) is 11.5 Å². The van der Waals surface area contributed by atoms with Crippen molar-refractivity contribution in [2.45, 2.75) is 12.8 Å². The average molecular weight is 255 g/mol. The first-order valence-electron chi connectivity index (χ1n) is 6.71. The highest BCUT2D eigenvalue weighted by Gasteiger charge is 2.04. The van der Waals surface area contributed by atoms with Crippen LogP contribution >= 0.6 is 0 Å². The lowest BCUT2D eigenvalue weighted by Gasteiger charge is -2.12. The molecule has 0 spiro atoms. The second-order valence-electron chi connectivity index (χ2n) is 4.93. The van der Waals surface area contributed by atoms with Gasteiger partial charge in [0.2, 0.25) is 0 Å². The van der Waals surface area contributed by atoms with E-state index >= 15 is 0 Å². The molecule has 0 heterocycles. The third-order valence-corrected chi connectivity index (χ3v) is 3.00. The Labute approximate surface area is 115 Å². The quantitative estimate of drug-likeness (QED) is 0.774. The molecule has 0 unspecified atom stereocenters. The van der Waals surface area contributed by atoms with Crippen LogP contribution in [0.15, 0.2) is 54.6 Å². The van der Waals surface area contributed by atoms with Gasteiger partial charge in [0.05, 0.1) is 0 Å². The van der Waals surface area contributed by atoms with Crippen LogP contribution in [0.5, 0.6) is 11.5 Å². The summed E-state index contributed by atoms with van der Waals surface area (Å²) in [4.78, 5) is 2.21. The Hall–Kier alpha value is -1.80. The molecule has 19 heavy (non-hydrogen) atoms. The monoisotopic (exact) mass is 255 g/mol. The van der Waals surface area contributed by atoms with Crippen LogP contribution < -0.4 is 4.74 Å². The molecule has 0 fully saturated rings. The van der Waals surface area contributed by atoms with Crippen LogP contribution in [-0.2, 0) is 6.42 Å². The van der Waals surface area contributed by atoms with E-state index in [2.05, 4.69) is 31.1 Å². The first-order chi connectivity index (χ1) is 9.25. The average Bonchev–Trinajstić information content (AvgIpc) is 2.41. The van der Waals surface area contributed by atoms with Gasteiger partial charge in [-0.3, -0.25) is 0 Å².